The molecule has 3 aliphatic heterocycles. The van der Waals surface area contributed by atoms with Crippen LogP contribution in [0.1, 0.15) is 74.7 Å². The maximum atomic E-state index is 11.6. The standard InChI is InChI=1S/C14H26N2O4.C9H18N2O2.C7H13NO4.C6H14N2O.CH4.ClH/c1-14(2,3)20-13(18)15-11-12(17)5-4-6-16-7-9-19-10-8-16;10-8-9(12)2-1-3-11-4-6-13-7-5-11;1-7(2,3)12-6(11)8-4-5(9)10;7-1-2-8-3-5-9-6-4-8;;/h4-11H2,1-3H3,(H,15,18);1-8,10H2;4H2,1-3H3,(H,8,11)(H,9,10);1-7H2;1H4;1H. The Morgan fingerprint density at radius 2 is 0.946 bits per heavy atom. The highest BCUT2D eigenvalue weighted by Crippen LogP contribution is 2.07. The van der Waals surface area contributed by atoms with Crippen molar-refractivity contribution in [3.63, 3.8) is 0 Å². The van der Waals surface area contributed by atoms with E-state index in [1.165, 1.54) is 0 Å². The topological polar surface area (TPSA) is 238 Å². The number of hydrogen-bond donors (Lipinski definition) is 5. The smallest absolute Gasteiger partial charge is 0.408 e. The zero-order valence-electron chi connectivity index (χ0n) is 34.2. The molecule has 0 aromatic rings. The highest BCUT2D eigenvalue weighted by molar-refractivity contribution is 5.85. The van der Waals surface area contributed by atoms with E-state index in [1.807, 2.05) is 0 Å². The molecule has 2 amide bonds. The van der Waals surface area contributed by atoms with E-state index in [9.17, 15) is 24.0 Å². The number of nitrogens with zero attached hydrogens (tertiary/aromatic N) is 3. The fraction of sp³-hybridized carbons (Fsp3) is 0.865. The van der Waals surface area contributed by atoms with E-state index in [0.717, 1.165) is 118 Å². The van der Waals surface area contributed by atoms with Crippen molar-refractivity contribution in [3.05, 3.63) is 0 Å². The van der Waals surface area contributed by atoms with Gasteiger partial charge in [0.1, 0.15) is 23.5 Å². The van der Waals surface area contributed by atoms with Gasteiger partial charge in [0.25, 0.3) is 0 Å². The third-order valence-electron chi connectivity index (χ3n) is 7.46. The van der Waals surface area contributed by atoms with Gasteiger partial charge in [-0.2, -0.15) is 0 Å². The first-order valence-electron chi connectivity index (χ1n) is 18.9. The molecule has 0 aromatic carbocycles. The van der Waals surface area contributed by atoms with E-state index in [2.05, 4.69) is 25.3 Å². The van der Waals surface area contributed by atoms with Crippen LogP contribution in [0, 0.1) is 0 Å². The number of nitrogens with two attached hydrogens (primary N) is 2. The summed E-state index contributed by atoms with van der Waals surface area (Å²) in [6.07, 6.45) is 1.58. The van der Waals surface area contributed by atoms with Crippen molar-refractivity contribution >= 4 is 42.1 Å². The number of ketones is 2. The van der Waals surface area contributed by atoms with Crippen LogP contribution < -0.4 is 22.1 Å². The Labute approximate surface area is 341 Å². The second-order valence-corrected chi connectivity index (χ2v) is 14.7. The second-order valence-electron chi connectivity index (χ2n) is 14.7. The fourth-order valence-corrected chi connectivity index (χ4v) is 4.79. The molecular formula is C37H76ClN7O11. The maximum Gasteiger partial charge on any atom is 0.408 e. The molecule has 0 bridgehead atoms. The van der Waals surface area contributed by atoms with Gasteiger partial charge >= 0.3 is 18.2 Å². The van der Waals surface area contributed by atoms with Crippen LogP contribution >= 0.6 is 12.4 Å². The minimum Gasteiger partial charge on any atom is -0.480 e. The van der Waals surface area contributed by atoms with Gasteiger partial charge in [0.2, 0.25) is 0 Å². The number of alkyl carbamates (subject to hydrolysis) is 2. The van der Waals surface area contributed by atoms with Crippen molar-refractivity contribution in [1.29, 1.82) is 0 Å². The number of ether oxygens (including phenoxy) is 5. The van der Waals surface area contributed by atoms with Gasteiger partial charge in [-0.15, -0.1) is 12.4 Å². The van der Waals surface area contributed by atoms with Gasteiger partial charge in [-0.05, 0) is 67.5 Å². The first kappa shape index (κ1) is 57.6. The Hall–Kier alpha value is -2.68. The molecular weight excluding hydrogens is 754 g/mol. The largest absolute Gasteiger partial charge is 0.480 e. The first-order chi connectivity index (χ1) is 25.4. The SMILES string of the molecule is C.CC(C)(C)OC(=O)NCC(=O)CCCN1CCOCC1.CC(C)(C)OC(=O)NCC(=O)O.Cl.NCC(=O)CCCN1CCOCC1.NCCN1CCOCC1. The van der Waals surface area contributed by atoms with Gasteiger partial charge in [0.15, 0.2) is 5.78 Å². The van der Waals surface area contributed by atoms with Gasteiger partial charge in [0.05, 0.1) is 52.7 Å². The number of carboxylic acids is 1. The van der Waals surface area contributed by atoms with Crippen LogP contribution in [-0.4, -0.2) is 185 Å². The Kier molecular flexibility index (Phi) is 35.4. The summed E-state index contributed by atoms with van der Waals surface area (Å²) in [6.45, 7) is 24.9. The summed E-state index contributed by atoms with van der Waals surface area (Å²) < 4.78 is 25.5. The highest BCUT2D eigenvalue weighted by Gasteiger charge is 2.18. The average molecular weight is 831 g/mol. The Morgan fingerprint density at radius 3 is 1.27 bits per heavy atom. The van der Waals surface area contributed by atoms with E-state index >= 15 is 0 Å². The monoisotopic (exact) mass is 830 g/mol. The van der Waals surface area contributed by atoms with Crippen molar-refractivity contribution < 1.29 is 52.8 Å². The molecule has 18 nitrogen and oxygen atoms in total. The zero-order valence-corrected chi connectivity index (χ0v) is 35.0. The molecule has 56 heavy (non-hydrogen) atoms. The number of nitrogens with one attached hydrogen (secondary N) is 2. The van der Waals surface area contributed by atoms with Crippen LogP contribution in [0.2, 0.25) is 0 Å². The second kappa shape index (κ2) is 34.4. The normalized spacial score (nSPS) is 16.2. The lowest BCUT2D eigenvalue weighted by atomic mass is 10.2. The summed E-state index contributed by atoms with van der Waals surface area (Å²) in [5.41, 5.74) is 9.45. The van der Waals surface area contributed by atoms with Gasteiger partial charge < -0.3 is 50.9 Å². The number of carbonyl (C=O) groups is 5. The van der Waals surface area contributed by atoms with E-state index < -0.39 is 35.9 Å². The summed E-state index contributed by atoms with van der Waals surface area (Å²) in [6, 6.07) is 0. The molecule has 3 rings (SSSR count). The number of carboxylic acid groups (broad SMARTS) is 1. The molecule has 3 heterocycles. The molecule has 3 fully saturated rings. The van der Waals surface area contributed by atoms with Crippen LogP contribution in [0.25, 0.3) is 0 Å². The molecule has 0 aliphatic carbocycles. The molecule has 0 aromatic heterocycles. The van der Waals surface area contributed by atoms with Crippen molar-refractivity contribution in [3.8, 4) is 0 Å². The van der Waals surface area contributed by atoms with Gasteiger partial charge in [-0.3, -0.25) is 29.1 Å². The summed E-state index contributed by atoms with van der Waals surface area (Å²) in [7, 11) is 0. The molecule has 0 spiro atoms. The molecule has 0 unspecified atom stereocenters. The Bertz CT molecular complexity index is 1040. The van der Waals surface area contributed by atoms with Crippen molar-refractivity contribution in [1.82, 2.24) is 25.3 Å². The van der Waals surface area contributed by atoms with Gasteiger partial charge in [0, 0.05) is 65.2 Å². The van der Waals surface area contributed by atoms with E-state index in [4.69, 9.17) is 40.3 Å². The molecule has 0 radical (unpaired) electrons. The van der Waals surface area contributed by atoms with Gasteiger partial charge in [-0.25, -0.2) is 9.59 Å². The molecule has 19 heteroatoms. The third-order valence-corrected chi connectivity index (χ3v) is 7.46. The number of Topliss-reactive ketones (excluding diaryl/α,β-unsaturated/α-hetero) is 2. The number of hydrogen-bond acceptors (Lipinski definition) is 15. The molecule has 332 valence electrons. The zero-order chi connectivity index (χ0) is 40.8. The number of carbonyl (C=O) groups excluding carboxylic acids is 4. The summed E-state index contributed by atoms with van der Waals surface area (Å²) >= 11 is 0. The number of rotatable bonds is 15. The van der Waals surface area contributed by atoms with Crippen LogP contribution in [0.3, 0.4) is 0 Å². The van der Waals surface area contributed by atoms with E-state index in [0.29, 0.717) is 12.8 Å². The lowest BCUT2D eigenvalue weighted by Crippen LogP contribution is -2.39. The van der Waals surface area contributed by atoms with Crippen LogP contribution in [-0.2, 0) is 38.1 Å². The molecule has 0 saturated carbocycles. The maximum absolute atomic E-state index is 11.6. The van der Waals surface area contributed by atoms with Crippen LogP contribution in [0.15, 0.2) is 0 Å². The lowest BCUT2D eigenvalue weighted by Gasteiger charge is -2.26. The molecule has 3 aliphatic rings. The number of aliphatic carboxylic acids is 1. The Morgan fingerprint density at radius 1 is 0.607 bits per heavy atom. The van der Waals surface area contributed by atoms with Gasteiger partial charge in [-0.1, -0.05) is 7.43 Å². The summed E-state index contributed by atoms with van der Waals surface area (Å²) in [5, 5.41) is 12.8. The average Bonchev–Trinajstić information content (AvgIpc) is 3.11. The summed E-state index contributed by atoms with van der Waals surface area (Å²) in [5.74, 6) is -0.904. The van der Waals surface area contributed by atoms with Crippen molar-refractivity contribution in [2.24, 2.45) is 11.5 Å². The minimum atomic E-state index is -1.10. The Balaban J connectivity index is -0.000000689. The fourth-order valence-electron chi connectivity index (χ4n) is 4.79. The quantitative estimate of drug-likeness (QED) is 0.158. The lowest BCUT2D eigenvalue weighted by molar-refractivity contribution is -0.136. The summed E-state index contributed by atoms with van der Waals surface area (Å²) in [4.78, 5) is 61.6. The molecule has 7 N–H and O–H groups in total. The van der Waals surface area contributed by atoms with Crippen LogP contribution in [0.4, 0.5) is 9.59 Å². The number of morpholine rings is 3. The number of halogens is 1. The van der Waals surface area contributed by atoms with Crippen molar-refractivity contribution in [2.45, 2.75) is 85.9 Å². The highest BCUT2D eigenvalue weighted by atomic mass is 35.5. The third kappa shape index (κ3) is 38.2. The molecule has 3 saturated heterocycles. The first-order valence-corrected chi connectivity index (χ1v) is 18.9. The van der Waals surface area contributed by atoms with E-state index in [-0.39, 0.29) is 44.5 Å². The minimum absolute atomic E-state index is 0. The predicted octanol–water partition coefficient (Wildman–Crippen LogP) is 1.75. The molecule has 0 atom stereocenters. The predicted molar refractivity (Wildman–Crippen MR) is 218 cm³/mol. The van der Waals surface area contributed by atoms with Crippen LogP contribution in [0.5, 0.6) is 0 Å². The van der Waals surface area contributed by atoms with Crippen molar-refractivity contribution in [2.75, 3.05) is 125 Å². The van der Waals surface area contributed by atoms with E-state index in [1.54, 1.807) is 41.5 Å². The number of amides is 2.